The van der Waals surface area contributed by atoms with E-state index in [1.54, 1.807) is 6.07 Å². The summed E-state index contributed by atoms with van der Waals surface area (Å²) in [6.07, 6.45) is 3.65. The first kappa shape index (κ1) is 17.6. The summed E-state index contributed by atoms with van der Waals surface area (Å²) in [7, 11) is 0. The van der Waals surface area contributed by atoms with Crippen molar-refractivity contribution >= 4 is 29.1 Å². The van der Waals surface area contributed by atoms with Gasteiger partial charge in [-0.25, -0.2) is 0 Å². The Morgan fingerprint density at radius 2 is 2.09 bits per heavy atom. The number of halogens is 2. The van der Waals surface area contributed by atoms with Crippen molar-refractivity contribution in [3.05, 3.63) is 33.8 Å². The average Bonchev–Trinajstić information content (AvgIpc) is 2.52. The van der Waals surface area contributed by atoms with E-state index in [0.29, 0.717) is 41.3 Å². The lowest BCUT2D eigenvalue weighted by Crippen LogP contribution is -2.34. The van der Waals surface area contributed by atoms with Crippen LogP contribution in [-0.4, -0.2) is 25.5 Å². The molecule has 0 bridgehead atoms. The van der Waals surface area contributed by atoms with E-state index in [2.05, 4.69) is 17.6 Å². The molecule has 3 nitrogen and oxygen atoms in total. The van der Waals surface area contributed by atoms with E-state index in [-0.39, 0.29) is 5.91 Å². The molecule has 1 aliphatic rings. The number of nitrogens with one attached hydrogen (secondary N) is 2. The highest BCUT2D eigenvalue weighted by molar-refractivity contribution is 6.42. The van der Waals surface area contributed by atoms with Gasteiger partial charge in [0.15, 0.2) is 0 Å². The summed E-state index contributed by atoms with van der Waals surface area (Å²) in [5.41, 5.74) is 0.973. The Balaban J connectivity index is 1.72. The normalized spacial score (nSPS) is 17.2. The van der Waals surface area contributed by atoms with Crippen LogP contribution in [0.1, 0.15) is 31.7 Å². The van der Waals surface area contributed by atoms with E-state index in [0.717, 1.165) is 18.7 Å². The van der Waals surface area contributed by atoms with Gasteiger partial charge >= 0.3 is 0 Å². The molecule has 0 spiro atoms. The lowest BCUT2D eigenvalue weighted by Gasteiger charge is -2.27. The monoisotopic (exact) mass is 342 g/mol. The molecule has 0 aliphatic carbocycles. The molecule has 1 aliphatic heterocycles. The summed E-state index contributed by atoms with van der Waals surface area (Å²) in [6.45, 7) is 4.93. The number of hydrogen-bond donors (Lipinski definition) is 2. The zero-order valence-electron chi connectivity index (χ0n) is 13.0. The van der Waals surface area contributed by atoms with Gasteiger partial charge in [0.25, 0.3) is 0 Å². The minimum atomic E-state index is 0.129. The van der Waals surface area contributed by atoms with Crippen LogP contribution in [0, 0.1) is 11.8 Å². The standard InChI is InChI=1S/C17H24Cl2N2O/c1-12(13-5-8-20-9-6-13)11-16(22)21-10-7-14-3-2-4-15(18)17(14)19/h2-4,12-13,20H,5-11H2,1H3,(H,21,22). The lowest BCUT2D eigenvalue weighted by atomic mass is 9.84. The van der Waals surface area contributed by atoms with Crippen LogP contribution < -0.4 is 10.6 Å². The van der Waals surface area contributed by atoms with Gasteiger partial charge in [-0.05, 0) is 55.8 Å². The van der Waals surface area contributed by atoms with Crippen LogP contribution in [0.25, 0.3) is 0 Å². The van der Waals surface area contributed by atoms with Gasteiger partial charge in [-0.3, -0.25) is 4.79 Å². The fourth-order valence-electron chi connectivity index (χ4n) is 3.02. The predicted octanol–water partition coefficient (Wildman–Crippen LogP) is 3.68. The highest BCUT2D eigenvalue weighted by Crippen LogP contribution is 2.26. The number of benzene rings is 1. The van der Waals surface area contributed by atoms with Crippen LogP contribution in [0.5, 0.6) is 0 Å². The number of carbonyl (C=O) groups excluding carboxylic acids is 1. The van der Waals surface area contributed by atoms with Crippen LogP contribution >= 0.6 is 23.2 Å². The molecule has 0 radical (unpaired) electrons. The Labute approximate surface area is 142 Å². The second-order valence-corrected chi connectivity index (χ2v) is 6.87. The van der Waals surface area contributed by atoms with Crippen LogP contribution in [0.2, 0.25) is 10.0 Å². The first-order valence-corrected chi connectivity index (χ1v) is 8.74. The van der Waals surface area contributed by atoms with Crippen molar-refractivity contribution in [2.75, 3.05) is 19.6 Å². The molecule has 2 N–H and O–H groups in total. The van der Waals surface area contributed by atoms with Gasteiger partial charge in [0.1, 0.15) is 0 Å². The minimum absolute atomic E-state index is 0.129. The van der Waals surface area contributed by atoms with Crippen molar-refractivity contribution in [3.8, 4) is 0 Å². The Kier molecular flexibility index (Phi) is 7.00. The molecular formula is C17H24Cl2N2O. The third-order valence-electron chi connectivity index (χ3n) is 4.44. The minimum Gasteiger partial charge on any atom is -0.356 e. The fraction of sp³-hybridized carbons (Fsp3) is 0.588. The predicted molar refractivity (Wildman–Crippen MR) is 92.6 cm³/mol. The van der Waals surface area contributed by atoms with E-state index in [4.69, 9.17) is 23.2 Å². The zero-order valence-corrected chi connectivity index (χ0v) is 14.5. The number of carbonyl (C=O) groups is 1. The van der Waals surface area contributed by atoms with Crippen LogP contribution in [0.15, 0.2) is 18.2 Å². The molecule has 1 fully saturated rings. The molecule has 1 unspecified atom stereocenters. The van der Waals surface area contributed by atoms with Crippen molar-refractivity contribution in [2.45, 2.75) is 32.6 Å². The van der Waals surface area contributed by atoms with Crippen molar-refractivity contribution in [1.29, 1.82) is 0 Å². The highest BCUT2D eigenvalue weighted by atomic mass is 35.5. The molecule has 1 amide bonds. The first-order chi connectivity index (χ1) is 10.6. The van der Waals surface area contributed by atoms with Gasteiger partial charge in [-0.15, -0.1) is 0 Å². The smallest absolute Gasteiger partial charge is 0.220 e. The van der Waals surface area contributed by atoms with E-state index in [1.807, 2.05) is 12.1 Å². The van der Waals surface area contributed by atoms with Crippen molar-refractivity contribution in [2.24, 2.45) is 11.8 Å². The molecule has 1 aromatic carbocycles. The lowest BCUT2D eigenvalue weighted by molar-refractivity contribution is -0.122. The molecule has 1 heterocycles. The molecule has 22 heavy (non-hydrogen) atoms. The third-order valence-corrected chi connectivity index (χ3v) is 5.30. The largest absolute Gasteiger partial charge is 0.356 e. The number of hydrogen-bond acceptors (Lipinski definition) is 2. The molecule has 122 valence electrons. The fourth-order valence-corrected chi connectivity index (χ4v) is 3.44. The maximum Gasteiger partial charge on any atom is 0.220 e. The molecular weight excluding hydrogens is 319 g/mol. The van der Waals surface area contributed by atoms with Gasteiger partial charge in [0.05, 0.1) is 10.0 Å². The quantitative estimate of drug-likeness (QED) is 0.827. The van der Waals surface area contributed by atoms with Gasteiger partial charge in [-0.1, -0.05) is 42.3 Å². The summed E-state index contributed by atoms with van der Waals surface area (Å²) in [5, 5.41) is 7.50. The third kappa shape index (κ3) is 5.15. The molecule has 0 saturated carbocycles. The summed E-state index contributed by atoms with van der Waals surface area (Å²) in [6, 6.07) is 5.59. The van der Waals surface area contributed by atoms with Gasteiger partial charge in [-0.2, -0.15) is 0 Å². The van der Waals surface area contributed by atoms with Crippen molar-refractivity contribution < 1.29 is 4.79 Å². The summed E-state index contributed by atoms with van der Waals surface area (Å²) in [4.78, 5) is 12.1. The van der Waals surface area contributed by atoms with Crippen molar-refractivity contribution in [1.82, 2.24) is 10.6 Å². The molecule has 0 aromatic heterocycles. The van der Waals surface area contributed by atoms with Gasteiger partial charge in [0, 0.05) is 13.0 Å². The van der Waals surface area contributed by atoms with Gasteiger partial charge in [0.2, 0.25) is 5.91 Å². The van der Waals surface area contributed by atoms with Gasteiger partial charge < -0.3 is 10.6 Å². The maximum absolute atomic E-state index is 12.1. The van der Waals surface area contributed by atoms with Crippen LogP contribution in [0.4, 0.5) is 0 Å². The number of piperidine rings is 1. The molecule has 5 heteroatoms. The van der Waals surface area contributed by atoms with E-state index < -0.39 is 0 Å². The molecule has 1 saturated heterocycles. The average molecular weight is 343 g/mol. The Bertz CT molecular complexity index is 501. The second kappa shape index (κ2) is 8.76. The number of amides is 1. The van der Waals surface area contributed by atoms with Crippen LogP contribution in [0.3, 0.4) is 0 Å². The van der Waals surface area contributed by atoms with Crippen molar-refractivity contribution in [3.63, 3.8) is 0 Å². The number of rotatable bonds is 6. The summed E-state index contributed by atoms with van der Waals surface area (Å²) >= 11 is 12.1. The molecule has 1 aromatic rings. The van der Waals surface area contributed by atoms with E-state index >= 15 is 0 Å². The Hall–Kier alpha value is -0.770. The van der Waals surface area contributed by atoms with E-state index in [9.17, 15) is 4.79 Å². The molecule has 2 rings (SSSR count). The van der Waals surface area contributed by atoms with E-state index in [1.165, 1.54) is 12.8 Å². The zero-order chi connectivity index (χ0) is 15.9. The van der Waals surface area contributed by atoms with Crippen LogP contribution in [-0.2, 0) is 11.2 Å². The second-order valence-electron chi connectivity index (χ2n) is 6.08. The molecule has 1 atom stereocenters. The highest BCUT2D eigenvalue weighted by Gasteiger charge is 2.21. The maximum atomic E-state index is 12.1. The topological polar surface area (TPSA) is 41.1 Å². The Morgan fingerprint density at radius 1 is 1.36 bits per heavy atom. The summed E-state index contributed by atoms with van der Waals surface area (Å²) in [5.74, 6) is 1.23. The SMILES string of the molecule is CC(CC(=O)NCCc1cccc(Cl)c1Cl)C1CCNCC1. The first-order valence-electron chi connectivity index (χ1n) is 7.98. The summed E-state index contributed by atoms with van der Waals surface area (Å²) < 4.78 is 0. The Morgan fingerprint density at radius 3 is 2.82 bits per heavy atom.